The van der Waals surface area contributed by atoms with Gasteiger partial charge in [-0.25, -0.2) is 9.97 Å². The average Bonchev–Trinajstić information content (AvgIpc) is 4.14. The van der Waals surface area contributed by atoms with Gasteiger partial charge in [0.25, 0.3) is 11.1 Å². The van der Waals surface area contributed by atoms with Gasteiger partial charge >= 0.3 is 0 Å². The Balaban J connectivity index is 0.774. The number of fused-ring (bicyclic) bond motifs is 8. The zero-order valence-electron chi connectivity index (χ0n) is 36.8. The monoisotopic (exact) mass is 902 g/mol. The highest BCUT2D eigenvalue weighted by atomic mass is 16.5. The molecule has 15 nitrogen and oxygen atoms in total. The maximum Gasteiger partial charge on any atom is 0.264 e. The van der Waals surface area contributed by atoms with Gasteiger partial charge < -0.3 is 13.9 Å². The first-order valence-corrected chi connectivity index (χ1v) is 22.3. The van der Waals surface area contributed by atoms with Crippen LogP contribution in [0.25, 0.3) is 99.4 Å². The molecule has 0 amide bonds. The second-order valence-electron chi connectivity index (χ2n) is 16.4. The zero-order chi connectivity index (χ0) is 46.3. The van der Waals surface area contributed by atoms with E-state index in [0.29, 0.717) is 92.4 Å². The fourth-order valence-corrected chi connectivity index (χ4v) is 9.41. The number of benzene rings is 8. The predicted octanol–water partition coefficient (Wildman–Crippen LogP) is 12.8. The summed E-state index contributed by atoms with van der Waals surface area (Å²) in [6, 6.07) is 45.0. The van der Waals surface area contributed by atoms with Gasteiger partial charge in [0, 0.05) is 48.8 Å². The molecular weight excluding hydrogens is 869 g/mol. The standard InChI is InChI=1S/C54H34N10O5/c1-3-67-43-27-37-46-34(12-10-14-36(46)53(65)64-42-18-8-6-16-40(42)56-50(37)64)48(43)60-58-32-25-21-30(22-26-32)52-62-61-51(69-52)29-19-23-31(24-20-29)57-59-47-33-11-9-13-35-45(33)38(28-44(47)68-4-2)54(66)63-41-17-7-5-15-39(41)55-49(35)63/h5-28H,3-4H2,1-2H3. The van der Waals surface area contributed by atoms with Crippen molar-refractivity contribution in [1.82, 2.24) is 29.0 Å². The van der Waals surface area contributed by atoms with Crippen LogP contribution in [0.15, 0.2) is 180 Å². The van der Waals surface area contributed by atoms with Gasteiger partial charge in [-0.1, -0.05) is 54.6 Å². The number of aromatic nitrogens is 6. The number of azo groups is 2. The maximum absolute atomic E-state index is 14.0. The van der Waals surface area contributed by atoms with Crippen LogP contribution in [0.3, 0.4) is 0 Å². The average molecular weight is 903 g/mol. The van der Waals surface area contributed by atoms with E-state index >= 15 is 0 Å². The molecule has 69 heavy (non-hydrogen) atoms. The van der Waals surface area contributed by atoms with E-state index in [4.69, 9.17) is 34.1 Å². The molecule has 0 atom stereocenters. The van der Waals surface area contributed by atoms with Crippen LogP contribution in [0.4, 0.5) is 22.7 Å². The van der Waals surface area contributed by atoms with Crippen molar-refractivity contribution in [3.05, 3.63) is 166 Å². The Morgan fingerprint density at radius 2 is 0.928 bits per heavy atom. The van der Waals surface area contributed by atoms with Gasteiger partial charge in [0.15, 0.2) is 0 Å². The summed E-state index contributed by atoms with van der Waals surface area (Å²) in [7, 11) is 0. The summed E-state index contributed by atoms with van der Waals surface area (Å²) >= 11 is 0. The molecule has 0 aliphatic heterocycles. The topological polar surface area (TPSA) is 176 Å². The Morgan fingerprint density at radius 3 is 1.46 bits per heavy atom. The summed E-state index contributed by atoms with van der Waals surface area (Å²) < 4.78 is 21.7. The molecular formula is C54H34N10O5. The van der Waals surface area contributed by atoms with E-state index in [9.17, 15) is 9.59 Å². The molecule has 0 radical (unpaired) electrons. The van der Waals surface area contributed by atoms with Crippen molar-refractivity contribution in [2.45, 2.75) is 13.8 Å². The third-order valence-corrected chi connectivity index (χ3v) is 12.4. The molecule has 5 aromatic heterocycles. The summed E-state index contributed by atoms with van der Waals surface area (Å²) in [4.78, 5) is 37.6. The van der Waals surface area contributed by atoms with Crippen molar-refractivity contribution in [3.63, 3.8) is 0 Å². The Kier molecular flexibility index (Phi) is 8.98. The van der Waals surface area contributed by atoms with Crippen LogP contribution in [0, 0.1) is 0 Å². The van der Waals surface area contributed by atoms with E-state index in [1.54, 1.807) is 14.9 Å². The number of pyridine rings is 2. The highest BCUT2D eigenvalue weighted by Crippen LogP contribution is 2.44. The number of ether oxygens (including phenoxy) is 2. The SMILES string of the molecule is CCOc1cc2c(=O)n3c4ccccc4nc3c3cccc(c1N=Nc1ccc(-c4nnc(-c5ccc(N=Nc6c(OCC)cc7c8c6cccc8c(=O)n6c8ccccc8nc76)cc5)o4)cc1)c23. The number of hydrogen-bond acceptors (Lipinski definition) is 13. The van der Waals surface area contributed by atoms with Gasteiger partial charge in [-0.15, -0.1) is 20.4 Å². The van der Waals surface area contributed by atoms with Gasteiger partial charge in [0.2, 0.25) is 11.8 Å². The summed E-state index contributed by atoms with van der Waals surface area (Å²) in [5.41, 5.74) is 7.40. The first-order chi connectivity index (χ1) is 33.9. The summed E-state index contributed by atoms with van der Waals surface area (Å²) in [5.74, 6) is 1.65. The molecule has 0 saturated carbocycles. The molecule has 15 heteroatoms. The number of nitrogens with zero attached hydrogens (tertiary/aromatic N) is 10. The van der Waals surface area contributed by atoms with Crippen molar-refractivity contribution in [2.24, 2.45) is 20.5 Å². The lowest BCUT2D eigenvalue weighted by Gasteiger charge is -2.13. The molecule has 0 saturated heterocycles. The van der Waals surface area contributed by atoms with Crippen molar-refractivity contribution >= 4 is 99.2 Å². The van der Waals surface area contributed by atoms with E-state index < -0.39 is 0 Å². The fraction of sp³-hybridized carbons (Fsp3) is 0.0741. The Hall–Kier alpha value is -9.50. The minimum absolute atomic E-state index is 0.148. The highest BCUT2D eigenvalue weighted by Gasteiger charge is 2.23. The van der Waals surface area contributed by atoms with Crippen molar-refractivity contribution in [2.75, 3.05) is 13.2 Å². The molecule has 0 spiro atoms. The number of hydrogen-bond donors (Lipinski definition) is 0. The third-order valence-electron chi connectivity index (χ3n) is 12.4. The van der Waals surface area contributed by atoms with Crippen LogP contribution < -0.4 is 20.6 Å². The quantitative estimate of drug-likeness (QED) is 0.121. The molecule has 8 aromatic carbocycles. The summed E-state index contributed by atoms with van der Waals surface area (Å²) in [6.07, 6.45) is 0. The Labute approximate surface area is 389 Å². The lowest BCUT2D eigenvalue weighted by Crippen LogP contribution is -2.13. The van der Waals surface area contributed by atoms with Gasteiger partial charge in [-0.2, -0.15) is 10.2 Å². The Morgan fingerprint density at radius 1 is 0.478 bits per heavy atom. The van der Waals surface area contributed by atoms with Crippen LogP contribution in [0.5, 0.6) is 11.5 Å². The normalized spacial score (nSPS) is 12.3. The maximum atomic E-state index is 14.0. The van der Waals surface area contributed by atoms with Crippen LogP contribution >= 0.6 is 0 Å². The molecule has 0 fully saturated rings. The van der Waals surface area contributed by atoms with E-state index in [1.165, 1.54) is 0 Å². The second-order valence-corrected chi connectivity index (χ2v) is 16.4. The highest BCUT2D eigenvalue weighted by molar-refractivity contribution is 6.20. The molecule has 0 bridgehead atoms. The van der Waals surface area contributed by atoms with E-state index in [1.807, 2.05) is 153 Å². The molecule has 0 unspecified atom stereocenters. The third kappa shape index (κ3) is 6.20. The fourth-order valence-electron chi connectivity index (χ4n) is 9.41. The minimum Gasteiger partial charge on any atom is -0.491 e. The van der Waals surface area contributed by atoms with E-state index in [0.717, 1.165) is 54.4 Å². The van der Waals surface area contributed by atoms with E-state index in [-0.39, 0.29) is 11.1 Å². The summed E-state index contributed by atoms with van der Waals surface area (Å²) in [5, 5.41) is 32.9. The number of rotatable bonds is 10. The summed E-state index contributed by atoms with van der Waals surface area (Å²) in [6.45, 7) is 4.58. The van der Waals surface area contributed by atoms with E-state index in [2.05, 4.69) is 20.4 Å². The van der Waals surface area contributed by atoms with Crippen molar-refractivity contribution in [1.29, 1.82) is 0 Å². The lowest BCUT2D eigenvalue weighted by molar-refractivity contribution is 0.342. The van der Waals surface area contributed by atoms with Crippen LogP contribution in [0.2, 0.25) is 0 Å². The van der Waals surface area contributed by atoms with Crippen LogP contribution in [0.1, 0.15) is 13.8 Å². The van der Waals surface area contributed by atoms with Gasteiger partial charge in [-0.3, -0.25) is 18.4 Å². The predicted molar refractivity (Wildman–Crippen MR) is 266 cm³/mol. The van der Waals surface area contributed by atoms with Crippen LogP contribution in [-0.4, -0.2) is 42.2 Å². The minimum atomic E-state index is -0.173. The second kappa shape index (κ2) is 15.6. The van der Waals surface area contributed by atoms with Gasteiger partial charge in [0.1, 0.15) is 34.2 Å². The van der Waals surface area contributed by atoms with Crippen LogP contribution in [-0.2, 0) is 0 Å². The molecule has 0 aliphatic rings. The number of para-hydroxylation sites is 4. The molecule has 5 heterocycles. The molecule has 330 valence electrons. The van der Waals surface area contributed by atoms with Gasteiger partial charge in [-0.05, 0) is 105 Å². The Bertz CT molecular complexity index is 4290. The zero-order valence-corrected chi connectivity index (χ0v) is 36.8. The number of imidazole rings is 2. The first kappa shape index (κ1) is 39.8. The van der Waals surface area contributed by atoms with Crippen molar-refractivity contribution < 1.29 is 13.9 Å². The molecule has 0 N–H and O–H groups in total. The first-order valence-electron chi connectivity index (χ1n) is 22.3. The molecule has 0 aliphatic carbocycles. The smallest absolute Gasteiger partial charge is 0.264 e. The lowest BCUT2D eigenvalue weighted by atomic mass is 10.0. The van der Waals surface area contributed by atoms with Gasteiger partial charge in [0.05, 0.1) is 52.0 Å². The van der Waals surface area contributed by atoms with Crippen molar-refractivity contribution in [3.8, 4) is 34.4 Å². The molecule has 13 aromatic rings. The molecule has 13 rings (SSSR count). The largest absolute Gasteiger partial charge is 0.491 e.